The number of nitrogens with zero attached hydrogens (tertiary/aromatic N) is 1. The number of hydrogen-bond donors (Lipinski definition) is 0. The van der Waals surface area contributed by atoms with E-state index in [1.807, 2.05) is 0 Å². The van der Waals surface area contributed by atoms with E-state index in [4.69, 9.17) is 16.3 Å². The number of rotatable bonds is 4. The monoisotopic (exact) mass is 311 g/mol. The second-order valence-corrected chi connectivity index (χ2v) is 3.97. The van der Waals surface area contributed by atoms with Gasteiger partial charge in [-0.05, 0) is 19.1 Å². The number of benzene rings is 1. The predicted molar refractivity (Wildman–Crippen MR) is 66.0 cm³/mol. The number of carbonyl (C=O) groups excluding carboxylic acids is 2. The van der Waals surface area contributed by atoms with Gasteiger partial charge in [-0.15, -0.1) is 0 Å². The first-order valence-electron chi connectivity index (χ1n) is 5.10. The molecule has 0 fully saturated rings. The van der Waals surface area contributed by atoms with Crippen molar-refractivity contribution in [2.75, 3.05) is 7.11 Å². The Morgan fingerprint density at radius 1 is 1.40 bits per heavy atom. The summed E-state index contributed by atoms with van der Waals surface area (Å²) in [6.45, 7) is 1.27. The van der Waals surface area contributed by atoms with Gasteiger partial charge in [0.25, 0.3) is 0 Å². The largest absolute Gasteiger partial charge is 1.00 e. The Labute approximate surface area is 143 Å². The Morgan fingerprint density at radius 2 is 2.00 bits per heavy atom. The number of hydrogen-bond acceptors (Lipinski definition) is 6. The Kier molecular flexibility index (Phi) is 7.74. The van der Waals surface area contributed by atoms with E-state index in [9.17, 15) is 19.7 Å². The topological polar surface area (TPSA) is 95.7 Å². The van der Waals surface area contributed by atoms with Crippen LogP contribution in [0.2, 0.25) is 5.02 Å². The minimum Gasteiger partial charge on any atom is -1.00 e. The molecule has 0 aliphatic carbocycles. The molecule has 0 amide bonds. The molecular weight excluding hydrogens is 301 g/mol. The summed E-state index contributed by atoms with van der Waals surface area (Å²) in [4.78, 5) is 32.8. The van der Waals surface area contributed by atoms with Crippen LogP contribution in [0.3, 0.4) is 0 Å². The average Bonchev–Trinajstić information content (AvgIpc) is 2.38. The molecule has 0 N–H and O–H groups in total. The summed E-state index contributed by atoms with van der Waals surface area (Å²) >= 11 is 5.61. The van der Waals surface area contributed by atoms with Crippen LogP contribution < -0.4 is 34.3 Å². The molecule has 1 unspecified atom stereocenters. The van der Waals surface area contributed by atoms with Gasteiger partial charge in [0.2, 0.25) is 5.75 Å². The van der Waals surface area contributed by atoms with E-state index in [-0.39, 0.29) is 41.8 Å². The zero-order valence-electron chi connectivity index (χ0n) is 12.1. The van der Waals surface area contributed by atoms with Crippen LogP contribution in [0.1, 0.15) is 8.35 Å². The maximum atomic E-state index is 11.6. The molecule has 0 saturated carbocycles. The van der Waals surface area contributed by atoms with Crippen LogP contribution in [-0.4, -0.2) is 24.0 Å². The summed E-state index contributed by atoms with van der Waals surface area (Å²) < 4.78 is 9.18. The van der Waals surface area contributed by atoms with Gasteiger partial charge in [-0.1, -0.05) is 11.6 Å². The second-order valence-electron chi connectivity index (χ2n) is 3.54. The second kappa shape index (κ2) is 8.21. The number of nitro groups is 1. The van der Waals surface area contributed by atoms with Crippen LogP contribution >= 0.6 is 11.6 Å². The van der Waals surface area contributed by atoms with Gasteiger partial charge in [-0.2, -0.15) is 0 Å². The zero-order chi connectivity index (χ0) is 14.6. The van der Waals surface area contributed by atoms with E-state index in [2.05, 4.69) is 4.74 Å². The number of nitro benzene ring substituents is 1. The molecule has 20 heavy (non-hydrogen) atoms. The van der Waals surface area contributed by atoms with Gasteiger partial charge in [0.15, 0.2) is 5.92 Å². The molecule has 1 aromatic rings. The van der Waals surface area contributed by atoms with E-state index in [0.717, 1.165) is 13.2 Å². The third kappa shape index (κ3) is 4.75. The van der Waals surface area contributed by atoms with E-state index in [0.29, 0.717) is 0 Å². The quantitative estimate of drug-likeness (QED) is 0.178. The van der Waals surface area contributed by atoms with Crippen molar-refractivity contribution in [3.05, 3.63) is 33.3 Å². The van der Waals surface area contributed by atoms with Crippen molar-refractivity contribution in [1.82, 2.24) is 0 Å². The van der Waals surface area contributed by atoms with E-state index >= 15 is 0 Å². The smallest absolute Gasteiger partial charge is 1.00 e. The molecule has 0 aliphatic heterocycles. The Morgan fingerprint density at radius 3 is 2.50 bits per heavy atom. The van der Waals surface area contributed by atoms with Crippen molar-refractivity contribution in [3.8, 4) is 5.75 Å². The number of methoxy groups -OCH3 is 1. The Balaban J connectivity index is 0. The molecule has 1 atom stereocenters. The summed E-state index contributed by atoms with van der Waals surface area (Å²) in [5, 5.41) is 10.9. The van der Waals surface area contributed by atoms with Crippen molar-refractivity contribution in [2.45, 2.75) is 6.92 Å². The van der Waals surface area contributed by atoms with Crippen LogP contribution in [0.4, 0.5) is 5.69 Å². The summed E-state index contributed by atoms with van der Waals surface area (Å²) in [5.74, 6) is -3.20. The fourth-order valence-electron chi connectivity index (χ4n) is 1.19. The minimum atomic E-state index is -1.18. The first-order chi connectivity index (χ1) is 8.86. The van der Waals surface area contributed by atoms with Crippen molar-refractivity contribution in [2.24, 2.45) is 5.92 Å². The Hall–Kier alpha value is -1.15. The molecule has 0 bridgehead atoms. The maximum Gasteiger partial charge on any atom is 1.00 e. The third-order valence-electron chi connectivity index (χ3n) is 2.24. The van der Waals surface area contributed by atoms with E-state index < -0.39 is 28.5 Å². The molecule has 0 saturated heterocycles. The Bertz CT molecular complexity index is 541. The molecule has 9 heteroatoms. The SMILES string of the molecule is COC(=O)C(C)C(=O)Oc1ccc(Cl)cc1[N+](=O)[O-].[H-].[Na+]. The van der Waals surface area contributed by atoms with Crippen LogP contribution in [0.5, 0.6) is 5.75 Å². The van der Waals surface area contributed by atoms with Gasteiger partial charge in [0.05, 0.1) is 12.0 Å². The van der Waals surface area contributed by atoms with Crippen molar-refractivity contribution < 1.29 is 55.0 Å². The van der Waals surface area contributed by atoms with Gasteiger partial charge in [0.1, 0.15) is 0 Å². The van der Waals surface area contributed by atoms with Gasteiger partial charge in [-0.3, -0.25) is 19.7 Å². The minimum absolute atomic E-state index is 0. The number of halogens is 1. The number of carbonyl (C=O) groups is 2. The molecular formula is C11H11ClNNaO6. The average molecular weight is 312 g/mol. The first kappa shape index (κ1) is 18.9. The number of ether oxygens (including phenoxy) is 2. The fraction of sp³-hybridized carbons (Fsp3) is 0.273. The summed E-state index contributed by atoms with van der Waals surface area (Å²) in [5.41, 5.74) is -0.460. The number of esters is 2. The normalized spacial score (nSPS) is 10.9. The molecule has 0 aromatic heterocycles. The third-order valence-corrected chi connectivity index (χ3v) is 2.47. The standard InChI is InChI=1S/C11H10ClNO6.Na.H/c1-6(10(14)18-2)11(15)19-9-4-3-7(12)5-8(9)13(16)17;;/h3-6H,1-2H3;;/q;+1;-1. The zero-order valence-corrected chi connectivity index (χ0v) is 13.8. The maximum absolute atomic E-state index is 11.6. The van der Waals surface area contributed by atoms with Gasteiger partial charge >= 0.3 is 47.2 Å². The summed E-state index contributed by atoms with van der Waals surface area (Å²) in [6.07, 6.45) is 0. The molecule has 0 spiro atoms. The van der Waals surface area contributed by atoms with Crippen molar-refractivity contribution in [3.63, 3.8) is 0 Å². The van der Waals surface area contributed by atoms with Gasteiger partial charge in [0, 0.05) is 11.1 Å². The van der Waals surface area contributed by atoms with Crippen LogP contribution in [0.25, 0.3) is 0 Å². The van der Waals surface area contributed by atoms with Gasteiger partial charge < -0.3 is 10.9 Å². The summed E-state index contributed by atoms with van der Waals surface area (Å²) in [6, 6.07) is 3.56. The molecule has 104 valence electrons. The molecule has 0 aliphatic rings. The van der Waals surface area contributed by atoms with Crippen LogP contribution in [0, 0.1) is 16.0 Å². The molecule has 1 rings (SSSR count). The molecule has 0 heterocycles. The first-order valence-corrected chi connectivity index (χ1v) is 5.48. The van der Waals surface area contributed by atoms with Crippen molar-refractivity contribution >= 4 is 29.2 Å². The molecule has 1 aromatic carbocycles. The van der Waals surface area contributed by atoms with Crippen LogP contribution in [-0.2, 0) is 14.3 Å². The van der Waals surface area contributed by atoms with Gasteiger partial charge in [-0.25, -0.2) is 0 Å². The predicted octanol–water partition coefficient (Wildman–Crippen LogP) is -0.921. The fourth-order valence-corrected chi connectivity index (χ4v) is 1.36. The summed E-state index contributed by atoms with van der Waals surface area (Å²) in [7, 11) is 1.12. The van der Waals surface area contributed by atoms with Crippen molar-refractivity contribution in [1.29, 1.82) is 0 Å². The molecule has 0 radical (unpaired) electrons. The van der Waals surface area contributed by atoms with E-state index in [1.165, 1.54) is 19.1 Å². The van der Waals surface area contributed by atoms with Crippen LogP contribution in [0.15, 0.2) is 18.2 Å². The van der Waals surface area contributed by atoms with E-state index in [1.54, 1.807) is 0 Å². The molecule has 7 nitrogen and oxygen atoms in total.